The largest absolute Gasteiger partial charge is 0.466 e. The standard InChI is InChI=1S/C23H24N2O4/c1-23(2,3)24-21(17(22(27)29-5)14-20(26)28-4)25-18-12-8-6-10-15(18)16-11-7-9-13-19(16)25/h6-14H,1-5H3/b17-14+,24-21?. The summed E-state index contributed by atoms with van der Waals surface area (Å²) in [5.74, 6) is -1.000. The van der Waals surface area contributed by atoms with Gasteiger partial charge in [0.25, 0.3) is 0 Å². The number of para-hydroxylation sites is 2. The molecule has 1 heterocycles. The average molecular weight is 392 g/mol. The van der Waals surface area contributed by atoms with Crippen LogP contribution in [0.3, 0.4) is 0 Å². The molecule has 0 aliphatic carbocycles. The summed E-state index contributed by atoms with van der Waals surface area (Å²) in [6.45, 7) is 5.77. The highest BCUT2D eigenvalue weighted by molar-refractivity contribution is 6.27. The molecule has 0 spiro atoms. The van der Waals surface area contributed by atoms with Crippen molar-refractivity contribution in [2.45, 2.75) is 26.3 Å². The lowest BCUT2D eigenvalue weighted by atomic mass is 10.1. The minimum absolute atomic E-state index is 0.0285. The van der Waals surface area contributed by atoms with Gasteiger partial charge in [0, 0.05) is 16.8 Å². The first kappa shape index (κ1) is 20.3. The van der Waals surface area contributed by atoms with Gasteiger partial charge in [-0.05, 0) is 32.9 Å². The lowest BCUT2D eigenvalue weighted by Crippen LogP contribution is -2.27. The summed E-state index contributed by atoms with van der Waals surface area (Å²) in [6, 6.07) is 15.7. The van der Waals surface area contributed by atoms with Crippen LogP contribution in [0, 0.1) is 0 Å². The van der Waals surface area contributed by atoms with Gasteiger partial charge in [-0.15, -0.1) is 0 Å². The quantitative estimate of drug-likeness (QED) is 0.291. The van der Waals surface area contributed by atoms with Crippen molar-refractivity contribution < 1.29 is 19.1 Å². The molecule has 0 aliphatic rings. The molecule has 3 aromatic rings. The second kappa shape index (κ2) is 7.91. The van der Waals surface area contributed by atoms with Gasteiger partial charge in [0.1, 0.15) is 11.4 Å². The number of aromatic nitrogens is 1. The average Bonchev–Trinajstić information content (AvgIpc) is 3.03. The van der Waals surface area contributed by atoms with Gasteiger partial charge in [-0.25, -0.2) is 9.59 Å². The number of methoxy groups -OCH3 is 2. The summed E-state index contributed by atoms with van der Waals surface area (Å²) in [7, 11) is 2.53. The van der Waals surface area contributed by atoms with Crippen LogP contribution < -0.4 is 0 Å². The Balaban J connectivity index is 2.46. The first-order chi connectivity index (χ1) is 13.8. The van der Waals surface area contributed by atoms with Gasteiger partial charge in [-0.1, -0.05) is 36.4 Å². The summed E-state index contributed by atoms with van der Waals surface area (Å²) < 4.78 is 11.6. The summed E-state index contributed by atoms with van der Waals surface area (Å²) in [6.07, 6.45) is 1.12. The Kier molecular flexibility index (Phi) is 5.55. The second-order valence-electron chi connectivity index (χ2n) is 7.55. The number of ether oxygens (including phenoxy) is 2. The lowest BCUT2D eigenvalue weighted by Gasteiger charge is -2.19. The molecular formula is C23H24N2O4. The summed E-state index contributed by atoms with van der Waals surface area (Å²) in [5.41, 5.74) is 1.25. The van der Waals surface area contributed by atoms with Crippen molar-refractivity contribution in [2.75, 3.05) is 14.2 Å². The number of hydrogen-bond acceptors (Lipinski definition) is 5. The van der Waals surface area contributed by atoms with Crippen LogP contribution in [0.5, 0.6) is 0 Å². The van der Waals surface area contributed by atoms with E-state index in [1.165, 1.54) is 14.2 Å². The molecular weight excluding hydrogens is 368 g/mol. The number of carbonyl (C=O) groups is 2. The monoisotopic (exact) mass is 392 g/mol. The minimum Gasteiger partial charge on any atom is -0.466 e. The van der Waals surface area contributed by atoms with E-state index in [0.717, 1.165) is 27.9 Å². The summed E-state index contributed by atoms with van der Waals surface area (Å²) in [5, 5.41) is 2.04. The first-order valence-electron chi connectivity index (χ1n) is 9.23. The number of esters is 2. The topological polar surface area (TPSA) is 69.9 Å². The Morgan fingerprint density at radius 3 is 1.86 bits per heavy atom. The molecule has 0 fully saturated rings. The molecule has 0 aliphatic heterocycles. The van der Waals surface area contributed by atoms with Crippen molar-refractivity contribution >= 4 is 39.6 Å². The van der Waals surface area contributed by atoms with Gasteiger partial charge in [0.05, 0.1) is 30.8 Å². The van der Waals surface area contributed by atoms with E-state index in [1.54, 1.807) is 0 Å². The highest BCUT2D eigenvalue weighted by atomic mass is 16.5. The van der Waals surface area contributed by atoms with Gasteiger partial charge in [-0.3, -0.25) is 9.56 Å². The SMILES string of the molecule is COC(=O)/C=C(/C(=O)OC)C(=NC(C)(C)C)n1c2ccccc2c2ccccc21. The van der Waals surface area contributed by atoms with E-state index >= 15 is 0 Å². The normalized spacial score (nSPS) is 13.0. The molecule has 0 atom stereocenters. The molecule has 29 heavy (non-hydrogen) atoms. The van der Waals surface area contributed by atoms with Crippen molar-refractivity contribution in [3.8, 4) is 0 Å². The third-order valence-corrected chi connectivity index (χ3v) is 4.34. The van der Waals surface area contributed by atoms with Crippen LogP contribution >= 0.6 is 0 Å². The van der Waals surface area contributed by atoms with Crippen LogP contribution in [0.2, 0.25) is 0 Å². The van der Waals surface area contributed by atoms with Gasteiger partial charge < -0.3 is 9.47 Å². The van der Waals surface area contributed by atoms with Crippen molar-refractivity contribution in [1.29, 1.82) is 0 Å². The molecule has 0 radical (unpaired) electrons. The Hall–Kier alpha value is -3.41. The maximum Gasteiger partial charge on any atom is 0.341 e. The fourth-order valence-corrected chi connectivity index (χ4v) is 3.20. The Labute approximate surface area is 169 Å². The number of carbonyl (C=O) groups excluding carboxylic acids is 2. The van der Waals surface area contributed by atoms with Crippen molar-refractivity contribution in [2.24, 2.45) is 4.99 Å². The van der Waals surface area contributed by atoms with Crippen LogP contribution in [-0.2, 0) is 19.1 Å². The van der Waals surface area contributed by atoms with E-state index in [1.807, 2.05) is 73.9 Å². The Morgan fingerprint density at radius 1 is 0.897 bits per heavy atom. The zero-order valence-electron chi connectivity index (χ0n) is 17.2. The predicted octanol–water partition coefficient (Wildman–Crippen LogP) is 4.11. The van der Waals surface area contributed by atoms with E-state index in [-0.39, 0.29) is 5.57 Å². The van der Waals surface area contributed by atoms with E-state index < -0.39 is 17.5 Å². The molecule has 0 unspecified atom stereocenters. The van der Waals surface area contributed by atoms with Crippen LogP contribution in [0.4, 0.5) is 0 Å². The van der Waals surface area contributed by atoms with Gasteiger partial charge in [-0.2, -0.15) is 0 Å². The highest BCUT2D eigenvalue weighted by Crippen LogP contribution is 2.30. The number of fused-ring (bicyclic) bond motifs is 3. The van der Waals surface area contributed by atoms with Gasteiger partial charge in [0.15, 0.2) is 0 Å². The number of hydrogen-bond donors (Lipinski definition) is 0. The number of rotatable bonds is 3. The Bertz CT molecular complexity index is 1090. The molecule has 1 aromatic heterocycles. The summed E-state index contributed by atoms with van der Waals surface area (Å²) >= 11 is 0. The molecule has 2 aromatic carbocycles. The van der Waals surface area contributed by atoms with E-state index in [0.29, 0.717) is 5.84 Å². The number of aliphatic imine (C=N–C) groups is 1. The van der Waals surface area contributed by atoms with Crippen LogP contribution in [0.25, 0.3) is 21.8 Å². The maximum atomic E-state index is 12.7. The fraction of sp³-hybridized carbons (Fsp3) is 0.261. The van der Waals surface area contributed by atoms with E-state index in [4.69, 9.17) is 14.5 Å². The number of nitrogens with zero attached hydrogens (tertiary/aromatic N) is 2. The lowest BCUT2D eigenvalue weighted by molar-refractivity contribution is -0.138. The molecule has 6 nitrogen and oxygen atoms in total. The molecule has 150 valence electrons. The van der Waals surface area contributed by atoms with Crippen molar-refractivity contribution in [1.82, 2.24) is 4.57 Å². The van der Waals surface area contributed by atoms with Gasteiger partial charge >= 0.3 is 11.9 Å². The smallest absolute Gasteiger partial charge is 0.341 e. The minimum atomic E-state index is -0.666. The second-order valence-corrected chi connectivity index (χ2v) is 7.55. The van der Waals surface area contributed by atoms with Crippen LogP contribution in [-0.4, -0.2) is 42.1 Å². The maximum absolute atomic E-state index is 12.7. The summed E-state index contributed by atoms with van der Waals surface area (Å²) in [4.78, 5) is 29.5. The fourth-order valence-electron chi connectivity index (χ4n) is 3.20. The molecule has 0 amide bonds. The predicted molar refractivity (Wildman–Crippen MR) is 114 cm³/mol. The number of benzene rings is 2. The molecule has 3 rings (SSSR count). The Morgan fingerprint density at radius 2 is 1.41 bits per heavy atom. The zero-order chi connectivity index (χ0) is 21.2. The molecule has 0 N–H and O–H groups in total. The highest BCUT2D eigenvalue weighted by Gasteiger charge is 2.26. The third-order valence-electron chi connectivity index (χ3n) is 4.34. The molecule has 0 saturated carbocycles. The first-order valence-corrected chi connectivity index (χ1v) is 9.23. The van der Waals surface area contributed by atoms with E-state index in [9.17, 15) is 9.59 Å². The van der Waals surface area contributed by atoms with Crippen molar-refractivity contribution in [3.05, 3.63) is 60.2 Å². The third kappa shape index (κ3) is 4.06. The van der Waals surface area contributed by atoms with Crippen LogP contribution in [0.15, 0.2) is 65.2 Å². The molecule has 0 saturated heterocycles. The van der Waals surface area contributed by atoms with Gasteiger partial charge in [0.2, 0.25) is 0 Å². The zero-order valence-corrected chi connectivity index (χ0v) is 17.2. The molecule has 6 heteroatoms. The van der Waals surface area contributed by atoms with Crippen molar-refractivity contribution in [3.63, 3.8) is 0 Å². The van der Waals surface area contributed by atoms with E-state index in [2.05, 4.69) is 0 Å². The molecule has 0 bridgehead atoms. The van der Waals surface area contributed by atoms with Crippen LogP contribution in [0.1, 0.15) is 20.8 Å².